The van der Waals surface area contributed by atoms with E-state index in [0.717, 1.165) is 0 Å². The summed E-state index contributed by atoms with van der Waals surface area (Å²) < 4.78 is 0.683. The topological polar surface area (TPSA) is 96.5 Å². The van der Waals surface area contributed by atoms with Gasteiger partial charge in [-0.25, -0.2) is 4.98 Å². The molecule has 0 aliphatic heterocycles. The van der Waals surface area contributed by atoms with E-state index in [9.17, 15) is 4.79 Å². The number of rotatable bonds is 3. The van der Waals surface area contributed by atoms with Gasteiger partial charge in [-0.15, -0.1) is 10.2 Å². The lowest BCUT2D eigenvalue weighted by Crippen LogP contribution is -2.23. The average Bonchev–Trinajstić information content (AvgIpc) is 2.80. The van der Waals surface area contributed by atoms with Crippen LogP contribution in [0.4, 0.5) is 0 Å². The number of halogens is 1. The molecule has 0 unspecified atom stereocenters. The van der Waals surface area contributed by atoms with E-state index in [1.165, 1.54) is 6.20 Å². The van der Waals surface area contributed by atoms with Crippen LogP contribution in [0.2, 0.25) is 0 Å². The van der Waals surface area contributed by atoms with Gasteiger partial charge in [-0.2, -0.15) is 5.21 Å². The van der Waals surface area contributed by atoms with Gasteiger partial charge in [-0.1, -0.05) is 5.21 Å². The molecule has 2 aromatic heterocycles. The molecule has 82 valence electrons. The molecule has 0 saturated heterocycles. The van der Waals surface area contributed by atoms with Crippen molar-refractivity contribution in [1.29, 1.82) is 0 Å². The van der Waals surface area contributed by atoms with E-state index in [0.29, 0.717) is 16.0 Å². The number of tetrazole rings is 1. The summed E-state index contributed by atoms with van der Waals surface area (Å²) in [4.78, 5) is 15.5. The minimum absolute atomic E-state index is 0.228. The first-order chi connectivity index (χ1) is 7.75. The second-order valence-corrected chi connectivity index (χ2v) is 3.69. The molecule has 0 aromatic carbocycles. The zero-order chi connectivity index (χ0) is 11.4. The fourth-order valence-electron chi connectivity index (χ4n) is 1.03. The number of hydrogen-bond donors (Lipinski definition) is 2. The van der Waals surface area contributed by atoms with E-state index in [2.05, 4.69) is 46.9 Å². The second kappa shape index (κ2) is 4.79. The first-order valence-corrected chi connectivity index (χ1v) is 5.17. The SMILES string of the molecule is O=C(NCc1nn[nH]n1)c1ccc(Br)nc1. The quantitative estimate of drug-likeness (QED) is 0.789. The number of nitrogens with zero attached hydrogens (tertiary/aromatic N) is 4. The number of carbonyl (C=O) groups excluding carboxylic acids is 1. The lowest BCUT2D eigenvalue weighted by molar-refractivity contribution is 0.0949. The van der Waals surface area contributed by atoms with Gasteiger partial charge in [0.15, 0.2) is 5.82 Å². The molecule has 16 heavy (non-hydrogen) atoms. The van der Waals surface area contributed by atoms with Crippen LogP contribution in [0.1, 0.15) is 16.2 Å². The zero-order valence-electron chi connectivity index (χ0n) is 8.01. The van der Waals surface area contributed by atoms with E-state index >= 15 is 0 Å². The van der Waals surface area contributed by atoms with Crippen molar-refractivity contribution in [1.82, 2.24) is 30.9 Å². The van der Waals surface area contributed by atoms with Gasteiger partial charge in [0.2, 0.25) is 0 Å². The molecule has 1 amide bonds. The van der Waals surface area contributed by atoms with Crippen LogP contribution in [-0.4, -0.2) is 31.5 Å². The number of aromatic nitrogens is 5. The Kier molecular flexibility index (Phi) is 3.20. The molecule has 0 fully saturated rings. The Morgan fingerprint density at radius 3 is 3.00 bits per heavy atom. The number of pyridine rings is 1. The van der Waals surface area contributed by atoms with Crippen LogP contribution in [0, 0.1) is 0 Å². The number of amides is 1. The Morgan fingerprint density at radius 2 is 2.38 bits per heavy atom. The third-order valence-electron chi connectivity index (χ3n) is 1.79. The van der Waals surface area contributed by atoms with Gasteiger partial charge in [-0.3, -0.25) is 4.79 Å². The molecular formula is C8H7BrN6O. The van der Waals surface area contributed by atoms with Crippen molar-refractivity contribution in [2.45, 2.75) is 6.54 Å². The highest BCUT2D eigenvalue weighted by Crippen LogP contribution is 2.06. The molecule has 0 aliphatic carbocycles. The van der Waals surface area contributed by atoms with Gasteiger partial charge in [0, 0.05) is 6.20 Å². The van der Waals surface area contributed by atoms with Gasteiger partial charge in [0.25, 0.3) is 5.91 Å². The van der Waals surface area contributed by atoms with Crippen molar-refractivity contribution in [3.05, 3.63) is 34.3 Å². The summed E-state index contributed by atoms with van der Waals surface area (Å²) in [5, 5.41) is 15.7. The number of hydrogen-bond acceptors (Lipinski definition) is 5. The van der Waals surface area contributed by atoms with Gasteiger partial charge in [-0.05, 0) is 28.1 Å². The van der Waals surface area contributed by atoms with E-state index in [1.54, 1.807) is 12.1 Å². The first-order valence-electron chi connectivity index (χ1n) is 4.38. The number of carbonyl (C=O) groups is 1. The normalized spacial score (nSPS) is 10.1. The molecule has 2 N–H and O–H groups in total. The molecule has 7 nitrogen and oxygen atoms in total. The summed E-state index contributed by atoms with van der Waals surface area (Å²) in [6.45, 7) is 0.228. The van der Waals surface area contributed by atoms with Crippen LogP contribution in [0.3, 0.4) is 0 Å². The van der Waals surface area contributed by atoms with E-state index in [-0.39, 0.29) is 12.5 Å². The Bertz CT molecular complexity index is 468. The molecule has 2 rings (SSSR count). The van der Waals surface area contributed by atoms with E-state index < -0.39 is 0 Å². The monoisotopic (exact) mass is 282 g/mol. The van der Waals surface area contributed by atoms with Crippen LogP contribution in [-0.2, 0) is 6.54 Å². The smallest absolute Gasteiger partial charge is 0.253 e. The van der Waals surface area contributed by atoms with Crippen molar-refractivity contribution in [3.8, 4) is 0 Å². The van der Waals surface area contributed by atoms with Crippen molar-refractivity contribution in [3.63, 3.8) is 0 Å². The predicted octanol–water partition coefficient (Wildman–Crippen LogP) is 0.287. The summed E-state index contributed by atoms with van der Waals surface area (Å²) in [6, 6.07) is 3.37. The fourth-order valence-corrected chi connectivity index (χ4v) is 1.26. The lowest BCUT2D eigenvalue weighted by Gasteiger charge is -2.01. The zero-order valence-corrected chi connectivity index (χ0v) is 9.60. The highest BCUT2D eigenvalue weighted by atomic mass is 79.9. The Labute approximate surface area is 98.8 Å². The second-order valence-electron chi connectivity index (χ2n) is 2.88. The largest absolute Gasteiger partial charge is 0.345 e. The molecular weight excluding hydrogens is 276 g/mol. The maximum atomic E-state index is 11.6. The summed E-state index contributed by atoms with van der Waals surface area (Å²) in [5.41, 5.74) is 0.478. The Morgan fingerprint density at radius 1 is 1.50 bits per heavy atom. The molecule has 0 aliphatic rings. The van der Waals surface area contributed by atoms with Crippen molar-refractivity contribution in [2.75, 3.05) is 0 Å². The summed E-state index contributed by atoms with van der Waals surface area (Å²) in [5.74, 6) is 0.197. The summed E-state index contributed by atoms with van der Waals surface area (Å²) >= 11 is 3.19. The van der Waals surface area contributed by atoms with Crippen molar-refractivity contribution in [2.24, 2.45) is 0 Å². The first kappa shape index (κ1) is 10.7. The van der Waals surface area contributed by atoms with Crippen LogP contribution in [0.15, 0.2) is 22.9 Å². The maximum absolute atomic E-state index is 11.6. The van der Waals surface area contributed by atoms with Crippen LogP contribution in [0.5, 0.6) is 0 Å². The molecule has 0 saturated carbocycles. The highest BCUT2D eigenvalue weighted by molar-refractivity contribution is 9.10. The Hall–Kier alpha value is -1.83. The molecule has 2 aromatic rings. The minimum atomic E-state index is -0.232. The fraction of sp³-hybridized carbons (Fsp3) is 0.125. The summed E-state index contributed by atoms with van der Waals surface area (Å²) in [7, 11) is 0. The van der Waals surface area contributed by atoms with Crippen LogP contribution in [0.25, 0.3) is 0 Å². The Balaban J connectivity index is 1.95. The van der Waals surface area contributed by atoms with Crippen LogP contribution >= 0.6 is 15.9 Å². The molecule has 0 spiro atoms. The van der Waals surface area contributed by atoms with Gasteiger partial charge >= 0.3 is 0 Å². The standard InChI is InChI=1S/C8H7BrN6O/c9-6-2-1-5(3-10-6)8(16)11-4-7-12-14-15-13-7/h1-3H,4H2,(H,11,16)(H,12,13,14,15). The van der Waals surface area contributed by atoms with Gasteiger partial charge in [0.1, 0.15) is 4.60 Å². The molecule has 8 heteroatoms. The molecule has 0 atom stereocenters. The number of H-pyrrole nitrogens is 1. The predicted molar refractivity (Wildman–Crippen MR) is 57.3 cm³/mol. The number of nitrogens with one attached hydrogen (secondary N) is 2. The molecule has 0 radical (unpaired) electrons. The highest BCUT2D eigenvalue weighted by Gasteiger charge is 2.06. The van der Waals surface area contributed by atoms with Crippen LogP contribution < -0.4 is 5.32 Å². The molecule has 2 heterocycles. The minimum Gasteiger partial charge on any atom is -0.345 e. The third kappa shape index (κ3) is 2.60. The van der Waals surface area contributed by atoms with Gasteiger partial charge in [0.05, 0.1) is 12.1 Å². The van der Waals surface area contributed by atoms with Crippen molar-refractivity contribution >= 4 is 21.8 Å². The van der Waals surface area contributed by atoms with E-state index in [1.807, 2.05) is 0 Å². The maximum Gasteiger partial charge on any atom is 0.253 e. The van der Waals surface area contributed by atoms with E-state index in [4.69, 9.17) is 0 Å². The number of aromatic amines is 1. The lowest BCUT2D eigenvalue weighted by atomic mass is 10.3. The van der Waals surface area contributed by atoms with Crippen molar-refractivity contribution < 1.29 is 4.79 Å². The molecule has 0 bridgehead atoms. The summed E-state index contributed by atoms with van der Waals surface area (Å²) in [6.07, 6.45) is 1.48. The average molecular weight is 283 g/mol. The van der Waals surface area contributed by atoms with Gasteiger partial charge < -0.3 is 5.32 Å². The third-order valence-corrected chi connectivity index (χ3v) is 2.25.